The molecule has 0 saturated carbocycles. The Morgan fingerprint density at radius 3 is 2.57 bits per heavy atom. The maximum absolute atomic E-state index is 5.70. The summed E-state index contributed by atoms with van der Waals surface area (Å²) in [6.07, 6.45) is 0.926. The number of rotatable bonds is 4. The van der Waals surface area contributed by atoms with Crippen LogP contribution in [0.5, 0.6) is 0 Å². The summed E-state index contributed by atoms with van der Waals surface area (Å²) in [4.78, 5) is 0. The third kappa shape index (κ3) is 3.70. The number of nitrogens with two attached hydrogens (primary N) is 1. The number of nitrogens with zero attached hydrogens (tertiary/aromatic N) is 2. The molecular formula is C10H18N4. The van der Waals surface area contributed by atoms with Crippen LogP contribution in [0.4, 0.5) is 5.82 Å². The molecule has 2 atom stereocenters. The molecule has 1 aromatic heterocycles. The minimum absolute atomic E-state index is 0.205. The van der Waals surface area contributed by atoms with Gasteiger partial charge < -0.3 is 11.1 Å². The van der Waals surface area contributed by atoms with Crippen molar-refractivity contribution < 1.29 is 0 Å². The fourth-order valence-corrected chi connectivity index (χ4v) is 1.34. The van der Waals surface area contributed by atoms with Crippen LogP contribution in [-0.2, 0) is 0 Å². The lowest BCUT2D eigenvalue weighted by Gasteiger charge is -2.15. The first-order valence-corrected chi connectivity index (χ1v) is 4.90. The van der Waals surface area contributed by atoms with E-state index in [9.17, 15) is 0 Å². The smallest absolute Gasteiger partial charge is 0.148 e. The van der Waals surface area contributed by atoms with Crippen molar-refractivity contribution in [2.75, 3.05) is 5.32 Å². The van der Waals surface area contributed by atoms with Crippen molar-refractivity contribution in [3.8, 4) is 0 Å². The summed E-state index contributed by atoms with van der Waals surface area (Å²) < 4.78 is 0. The summed E-state index contributed by atoms with van der Waals surface area (Å²) in [7, 11) is 0. The molecule has 4 nitrogen and oxygen atoms in total. The molecule has 1 heterocycles. The molecule has 0 aliphatic rings. The van der Waals surface area contributed by atoms with E-state index >= 15 is 0 Å². The van der Waals surface area contributed by atoms with E-state index in [0.717, 1.165) is 17.9 Å². The van der Waals surface area contributed by atoms with E-state index in [2.05, 4.69) is 22.4 Å². The van der Waals surface area contributed by atoms with Crippen LogP contribution in [0, 0.1) is 6.92 Å². The molecule has 1 rings (SSSR count). The van der Waals surface area contributed by atoms with E-state index in [1.807, 2.05) is 26.0 Å². The summed E-state index contributed by atoms with van der Waals surface area (Å²) >= 11 is 0. The molecule has 14 heavy (non-hydrogen) atoms. The maximum atomic E-state index is 5.70. The third-order valence-electron chi connectivity index (χ3n) is 1.92. The van der Waals surface area contributed by atoms with Gasteiger partial charge in [-0.25, -0.2) is 0 Å². The topological polar surface area (TPSA) is 63.8 Å². The molecule has 0 amide bonds. The van der Waals surface area contributed by atoms with E-state index in [0.29, 0.717) is 6.04 Å². The van der Waals surface area contributed by atoms with Crippen molar-refractivity contribution in [1.29, 1.82) is 0 Å². The Bertz CT molecular complexity index is 268. The van der Waals surface area contributed by atoms with Gasteiger partial charge in [-0.3, -0.25) is 0 Å². The van der Waals surface area contributed by atoms with Gasteiger partial charge in [0.1, 0.15) is 5.82 Å². The maximum Gasteiger partial charge on any atom is 0.148 e. The predicted octanol–water partition coefficient (Wildman–Crippen LogP) is 1.32. The van der Waals surface area contributed by atoms with Gasteiger partial charge in [0, 0.05) is 12.1 Å². The first-order valence-electron chi connectivity index (χ1n) is 4.90. The molecule has 0 aliphatic heterocycles. The lowest BCUT2D eigenvalue weighted by Crippen LogP contribution is -2.26. The van der Waals surface area contributed by atoms with Crippen LogP contribution in [0.1, 0.15) is 26.0 Å². The first kappa shape index (κ1) is 10.9. The largest absolute Gasteiger partial charge is 0.366 e. The molecule has 0 aromatic carbocycles. The second kappa shape index (κ2) is 4.91. The molecule has 78 valence electrons. The molecular weight excluding hydrogens is 176 g/mol. The Hall–Kier alpha value is -1.16. The molecule has 2 unspecified atom stereocenters. The lowest BCUT2D eigenvalue weighted by molar-refractivity contribution is 0.602. The summed E-state index contributed by atoms with van der Waals surface area (Å²) in [6.45, 7) is 6.01. The van der Waals surface area contributed by atoms with Crippen molar-refractivity contribution in [3.63, 3.8) is 0 Å². The second-order valence-corrected chi connectivity index (χ2v) is 3.82. The van der Waals surface area contributed by atoms with E-state index in [1.54, 1.807) is 0 Å². The number of nitrogens with one attached hydrogen (secondary N) is 1. The Balaban J connectivity index is 2.47. The highest BCUT2D eigenvalue weighted by molar-refractivity contribution is 5.33. The predicted molar refractivity (Wildman–Crippen MR) is 58.1 cm³/mol. The zero-order valence-corrected chi connectivity index (χ0v) is 8.99. The van der Waals surface area contributed by atoms with Crippen molar-refractivity contribution in [2.24, 2.45) is 5.73 Å². The first-order chi connectivity index (χ1) is 6.58. The summed E-state index contributed by atoms with van der Waals surface area (Å²) in [5, 5.41) is 11.2. The van der Waals surface area contributed by atoms with Gasteiger partial charge in [0.15, 0.2) is 0 Å². The van der Waals surface area contributed by atoms with Crippen LogP contribution < -0.4 is 11.1 Å². The normalized spacial score (nSPS) is 14.9. The van der Waals surface area contributed by atoms with Crippen LogP contribution >= 0.6 is 0 Å². The van der Waals surface area contributed by atoms with Gasteiger partial charge in [-0.2, -0.15) is 5.10 Å². The molecule has 4 heteroatoms. The van der Waals surface area contributed by atoms with E-state index in [1.165, 1.54) is 0 Å². The monoisotopic (exact) mass is 194 g/mol. The number of hydrogen-bond acceptors (Lipinski definition) is 4. The minimum atomic E-state index is 0.205. The fourth-order valence-electron chi connectivity index (χ4n) is 1.34. The van der Waals surface area contributed by atoms with Gasteiger partial charge in [-0.1, -0.05) is 0 Å². The average Bonchev–Trinajstić information content (AvgIpc) is 2.07. The van der Waals surface area contributed by atoms with Crippen LogP contribution in [-0.4, -0.2) is 22.3 Å². The van der Waals surface area contributed by atoms with Gasteiger partial charge in [0.05, 0.1) is 5.69 Å². The van der Waals surface area contributed by atoms with Crippen molar-refractivity contribution in [2.45, 2.75) is 39.3 Å². The molecule has 0 aliphatic carbocycles. The quantitative estimate of drug-likeness (QED) is 0.758. The zero-order valence-electron chi connectivity index (χ0n) is 8.99. The van der Waals surface area contributed by atoms with E-state index < -0.39 is 0 Å². The third-order valence-corrected chi connectivity index (χ3v) is 1.92. The standard InChI is InChI=1S/C10H18N4/c1-7(11)6-9(3)12-10-5-4-8(2)13-14-10/h4-5,7,9H,6,11H2,1-3H3,(H,12,14). The fraction of sp³-hybridized carbons (Fsp3) is 0.600. The van der Waals surface area contributed by atoms with Crippen LogP contribution in [0.15, 0.2) is 12.1 Å². The van der Waals surface area contributed by atoms with Crippen molar-refractivity contribution in [1.82, 2.24) is 10.2 Å². The summed E-state index contributed by atoms with van der Waals surface area (Å²) in [5.74, 6) is 0.809. The number of anilines is 1. The van der Waals surface area contributed by atoms with Crippen molar-refractivity contribution in [3.05, 3.63) is 17.8 Å². The number of aryl methyl sites for hydroxylation is 1. The Morgan fingerprint density at radius 2 is 2.07 bits per heavy atom. The van der Waals surface area contributed by atoms with Crippen LogP contribution in [0.2, 0.25) is 0 Å². The Labute approximate surface area is 84.9 Å². The molecule has 0 fully saturated rings. The van der Waals surface area contributed by atoms with E-state index in [-0.39, 0.29) is 6.04 Å². The molecule has 0 saturated heterocycles. The number of hydrogen-bond donors (Lipinski definition) is 2. The average molecular weight is 194 g/mol. The highest BCUT2D eigenvalue weighted by Gasteiger charge is 2.05. The van der Waals surface area contributed by atoms with Gasteiger partial charge in [0.25, 0.3) is 0 Å². The van der Waals surface area contributed by atoms with Crippen LogP contribution in [0.3, 0.4) is 0 Å². The molecule has 0 bridgehead atoms. The van der Waals surface area contributed by atoms with Gasteiger partial charge >= 0.3 is 0 Å². The molecule has 0 spiro atoms. The highest BCUT2D eigenvalue weighted by Crippen LogP contribution is 2.06. The Kier molecular flexibility index (Phi) is 3.83. The zero-order chi connectivity index (χ0) is 10.6. The summed E-state index contributed by atoms with van der Waals surface area (Å²) in [6, 6.07) is 4.40. The molecule has 0 radical (unpaired) electrons. The summed E-state index contributed by atoms with van der Waals surface area (Å²) in [5.41, 5.74) is 6.62. The highest BCUT2D eigenvalue weighted by atomic mass is 15.2. The van der Waals surface area contributed by atoms with Crippen molar-refractivity contribution >= 4 is 5.82 Å². The SMILES string of the molecule is Cc1ccc(NC(C)CC(C)N)nn1. The molecule has 3 N–H and O–H groups in total. The number of aromatic nitrogens is 2. The molecule has 1 aromatic rings. The van der Waals surface area contributed by atoms with Gasteiger partial charge in [-0.15, -0.1) is 5.10 Å². The van der Waals surface area contributed by atoms with E-state index in [4.69, 9.17) is 5.73 Å². The van der Waals surface area contributed by atoms with Crippen LogP contribution in [0.25, 0.3) is 0 Å². The lowest BCUT2D eigenvalue weighted by atomic mass is 10.1. The van der Waals surface area contributed by atoms with Gasteiger partial charge in [-0.05, 0) is 39.3 Å². The second-order valence-electron chi connectivity index (χ2n) is 3.82. The minimum Gasteiger partial charge on any atom is -0.366 e. The van der Waals surface area contributed by atoms with Gasteiger partial charge in [0.2, 0.25) is 0 Å². The Morgan fingerprint density at radius 1 is 1.36 bits per heavy atom.